The van der Waals surface area contributed by atoms with Gasteiger partial charge in [0.1, 0.15) is 11.5 Å². The van der Waals surface area contributed by atoms with Gasteiger partial charge in [-0.05, 0) is 90.2 Å². The molecule has 2 N–H and O–H groups in total. The lowest BCUT2D eigenvalue weighted by molar-refractivity contribution is 0.410. The van der Waals surface area contributed by atoms with Crippen molar-refractivity contribution in [2.75, 3.05) is 0 Å². The SMILES string of the molecule is CCc1cc(CC(C)(C)C)cc(C=NC2CCCC2N=Cc2cc(CC(C)(C)C)cc(CC)c2O)c1O. The Labute approximate surface area is 225 Å². The number of phenolic OH excluding ortho intramolecular Hbond substituents is 2. The summed E-state index contributed by atoms with van der Waals surface area (Å²) < 4.78 is 0. The van der Waals surface area contributed by atoms with Crippen LogP contribution in [-0.2, 0) is 25.7 Å². The fourth-order valence-electron chi connectivity index (χ4n) is 5.36. The van der Waals surface area contributed by atoms with E-state index in [0.29, 0.717) is 11.5 Å². The molecule has 0 aliphatic heterocycles. The summed E-state index contributed by atoms with van der Waals surface area (Å²) in [5.74, 6) is 0.685. The molecule has 0 bridgehead atoms. The second-order valence-electron chi connectivity index (χ2n) is 13.2. The molecular formula is C33H48N2O2. The molecule has 2 aromatic carbocycles. The zero-order valence-corrected chi connectivity index (χ0v) is 24.4. The molecular weight excluding hydrogens is 456 g/mol. The Morgan fingerprint density at radius 1 is 0.703 bits per heavy atom. The molecule has 0 spiro atoms. The quantitative estimate of drug-likeness (QED) is 0.359. The van der Waals surface area contributed by atoms with Crippen LogP contribution in [0.5, 0.6) is 11.5 Å². The van der Waals surface area contributed by atoms with Gasteiger partial charge in [-0.2, -0.15) is 0 Å². The van der Waals surface area contributed by atoms with Gasteiger partial charge in [-0.15, -0.1) is 0 Å². The third-order valence-electron chi connectivity index (χ3n) is 7.04. The Morgan fingerprint density at radius 3 is 1.41 bits per heavy atom. The summed E-state index contributed by atoms with van der Waals surface area (Å²) >= 11 is 0. The van der Waals surface area contributed by atoms with Crippen molar-refractivity contribution >= 4 is 12.4 Å². The number of aromatic hydroxyl groups is 2. The van der Waals surface area contributed by atoms with Gasteiger partial charge in [0.05, 0.1) is 12.1 Å². The summed E-state index contributed by atoms with van der Waals surface area (Å²) in [7, 11) is 0. The van der Waals surface area contributed by atoms with Crippen molar-refractivity contribution in [1.29, 1.82) is 0 Å². The molecule has 0 heterocycles. The van der Waals surface area contributed by atoms with E-state index in [9.17, 15) is 10.2 Å². The molecule has 2 atom stereocenters. The van der Waals surface area contributed by atoms with Gasteiger partial charge in [-0.3, -0.25) is 9.98 Å². The highest BCUT2D eigenvalue weighted by atomic mass is 16.3. The third-order valence-corrected chi connectivity index (χ3v) is 7.04. The Bertz CT molecular complexity index is 1040. The topological polar surface area (TPSA) is 65.2 Å². The molecule has 1 fully saturated rings. The van der Waals surface area contributed by atoms with Gasteiger partial charge in [-0.1, -0.05) is 67.5 Å². The predicted octanol–water partition coefficient (Wildman–Crippen LogP) is 7.86. The van der Waals surface area contributed by atoms with Crippen molar-refractivity contribution in [1.82, 2.24) is 0 Å². The summed E-state index contributed by atoms with van der Waals surface area (Å²) in [5, 5.41) is 21.7. The number of aryl methyl sites for hydroxylation is 2. The van der Waals surface area contributed by atoms with Crippen molar-refractivity contribution in [3.05, 3.63) is 57.6 Å². The fourth-order valence-corrected chi connectivity index (χ4v) is 5.36. The summed E-state index contributed by atoms with van der Waals surface area (Å²) in [6.45, 7) is 17.6. The van der Waals surface area contributed by atoms with Gasteiger partial charge >= 0.3 is 0 Å². The van der Waals surface area contributed by atoms with Crippen LogP contribution in [0.15, 0.2) is 34.3 Å². The van der Waals surface area contributed by atoms with Crippen molar-refractivity contribution in [3.63, 3.8) is 0 Å². The van der Waals surface area contributed by atoms with Gasteiger partial charge in [-0.25, -0.2) is 0 Å². The molecule has 3 rings (SSSR count). The Morgan fingerprint density at radius 2 is 1.08 bits per heavy atom. The Kier molecular flexibility index (Phi) is 9.26. The number of benzene rings is 2. The van der Waals surface area contributed by atoms with Crippen LogP contribution in [0, 0.1) is 10.8 Å². The average molecular weight is 505 g/mol. The third kappa shape index (κ3) is 8.18. The number of rotatable bonds is 8. The highest BCUT2D eigenvalue weighted by Gasteiger charge is 2.26. The summed E-state index contributed by atoms with van der Waals surface area (Å²) in [6.07, 6.45) is 10.2. The van der Waals surface area contributed by atoms with Crippen molar-refractivity contribution < 1.29 is 10.2 Å². The number of hydrogen-bond acceptors (Lipinski definition) is 4. The fraction of sp³-hybridized carbons (Fsp3) is 0.576. The maximum absolute atomic E-state index is 10.8. The molecule has 1 aliphatic rings. The monoisotopic (exact) mass is 504 g/mol. The lowest BCUT2D eigenvalue weighted by Gasteiger charge is -2.20. The number of hydrogen-bond donors (Lipinski definition) is 2. The smallest absolute Gasteiger partial charge is 0.127 e. The van der Waals surface area contributed by atoms with Crippen LogP contribution in [0.1, 0.15) is 108 Å². The van der Waals surface area contributed by atoms with Crippen molar-refractivity contribution in [3.8, 4) is 11.5 Å². The first-order valence-electron chi connectivity index (χ1n) is 14.1. The highest BCUT2D eigenvalue weighted by Crippen LogP contribution is 2.31. The van der Waals surface area contributed by atoms with Crippen LogP contribution in [0.2, 0.25) is 0 Å². The van der Waals surface area contributed by atoms with Gasteiger partial charge in [0.15, 0.2) is 0 Å². The minimum atomic E-state index is 0.0811. The molecule has 1 aliphatic carbocycles. The number of nitrogens with zero attached hydrogens (tertiary/aromatic N) is 2. The molecule has 0 saturated heterocycles. The Balaban J connectivity index is 1.84. The largest absolute Gasteiger partial charge is 0.507 e. The lowest BCUT2D eigenvalue weighted by Crippen LogP contribution is -2.16. The maximum Gasteiger partial charge on any atom is 0.127 e. The van der Waals surface area contributed by atoms with E-state index >= 15 is 0 Å². The summed E-state index contributed by atoms with van der Waals surface area (Å²) in [6, 6.07) is 8.59. The van der Waals surface area contributed by atoms with E-state index in [1.807, 2.05) is 12.4 Å². The standard InChI is InChI=1S/C33H48N2O2/c1-9-24-14-22(18-32(3,4)5)16-26(30(24)36)20-34-28-12-11-13-29(28)35-21-27-17-23(19-33(6,7)8)15-25(10-2)31(27)37/h14-17,20-21,28-29,36-37H,9-13,18-19H2,1-8H3. The van der Waals surface area contributed by atoms with Crippen LogP contribution in [0.25, 0.3) is 0 Å². The predicted molar refractivity (Wildman–Crippen MR) is 158 cm³/mol. The van der Waals surface area contributed by atoms with E-state index in [1.165, 1.54) is 11.1 Å². The van der Waals surface area contributed by atoms with E-state index in [-0.39, 0.29) is 22.9 Å². The van der Waals surface area contributed by atoms with Gasteiger partial charge in [0.25, 0.3) is 0 Å². The minimum Gasteiger partial charge on any atom is -0.507 e. The number of aliphatic imine (C=N–C) groups is 2. The zero-order valence-electron chi connectivity index (χ0n) is 24.4. The molecule has 4 heteroatoms. The van der Waals surface area contributed by atoms with Gasteiger partial charge in [0.2, 0.25) is 0 Å². The van der Waals surface area contributed by atoms with Crippen LogP contribution < -0.4 is 0 Å². The molecule has 0 radical (unpaired) electrons. The van der Waals surface area contributed by atoms with E-state index in [0.717, 1.165) is 67.2 Å². The van der Waals surface area contributed by atoms with E-state index in [1.54, 1.807) is 0 Å². The van der Waals surface area contributed by atoms with Crippen molar-refractivity contribution in [2.45, 2.75) is 112 Å². The highest BCUT2D eigenvalue weighted by molar-refractivity contribution is 5.86. The molecule has 0 amide bonds. The summed E-state index contributed by atoms with van der Waals surface area (Å²) in [4.78, 5) is 9.84. The minimum absolute atomic E-state index is 0.0811. The maximum atomic E-state index is 10.8. The zero-order chi connectivity index (χ0) is 27.4. The second-order valence-corrected chi connectivity index (χ2v) is 13.2. The van der Waals surface area contributed by atoms with E-state index in [2.05, 4.69) is 79.7 Å². The molecule has 2 unspecified atom stereocenters. The first kappa shape index (κ1) is 28.9. The first-order valence-corrected chi connectivity index (χ1v) is 14.1. The first-order chi connectivity index (χ1) is 17.3. The molecule has 37 heavy (non-hydrogen) atoms. The van der Waals surface area contributed by atoms with E-state index in [4.69, 9.17) is 9.98 Å². The van der Waals surface area contributed by atoms with Gasteiger partial charge in [0, 0.05) is 23.6 Å². The lowest BCUT2D eigenvalue weighted by atomic mass is 9.86. The average Bonchev–Trinajstić information content (AvgIpc) is 3.24. The molecule has 1 saturated carbocycles. The van der Waals surface area contributed by atoms with Crippen LogP contribution in [0.3, 0.4) is 0 Å². The van der Waals surface area contributed by atoms with Crippen LogP contribution in [-0.4, -0.2) is 34.7 Å². The molecule has 2 aromatic rings. The van der Waals surface area contributed by atoms with E-state index < -0.39 is 0 Å². The molecule has 4 nitrogen and oxygen atoms in total. The van der Waals surface area contributed by atoms with Crippen LogP contribution in [0.4, 0.5) is 0 Å². The van der Waals surface area contributed by atoms with Gasteiger partial charge < -0.3 is 10.2 Å². The van der Waals surface area contributed by atoms with Crippen molar-refractivity contribution in [2.24, 2.45) is 20.8 Å². The van der Waals surface area contributed by atoms with Crippen LogP contribution >= 0.6 is 0 Å². The second kappa shape index (κ2) is 11.8. The normalized spacial score (nSPS) is 18.9. The molecule has 202 valence electrons. The molecule has 0 aromatic heterocycles. The Hall–Kier alpha value is -2.62. The summed E-state index contributed by atoms with van der Waals surface area (Å²) in [5.41, 5.74) is 6.37. The number of phenols is 2.